The molecule has 2 aromatic heterocycles. The second kappa shape index (κ2) is 10.1. The van der Waals surface area contributed by atoms with Gasteiger partial charge in [-0.05, 0) is 47.7 Å². The predicted octanol–water partition coefficient (Wildman–Crippen LogP) is 3.55. The number of amides is 2. The zero-order chi connectivity index (χ0) is 24.2. The summed E-state index contributed by atoms with van der Waals surface area (Å²) in [5.41, 5.74) is 2.76. The number of carbonyl (C=O) groups is 2. The number of ether oxygens (including phenoxy) is 1. The maximum atomic E-state index is 13.4. The van der Waals surface area contributed by atoms with Crippen molar-refractivity contribution in [2.45, 2.75) is 6.42 Å². The number of nitrogens with zero attached hydrogens (tertiary/aromatic N) is 4. The number of hydrogen-bond acceptors (Lipinski definition) is 5. The van der Waals surface area contributed by atoms with Crippen molar-refractivity contribution in [1.82, 2.24) is 19.7 Å². The first kappa shape index (κ1) is 22.7. The second-order valence-corrected chi connectivity index (χ2v) is 8.89. The number of pyridine rings is 1. The summed E-state index contributed by atoms with van der Waals surface area (Å²) in [6.07, 6.45) is 7.64. The molecule has 2 aromatic carbocycles. The zero-order valence-corrected chi connectivity index (χ0v) is 19.6. The molecule has 0 bridgehead atoms. The first-order valence-electron chi connectivity index (χ1n) is 11.6. The summed E-state index contributed by atoms with van der Waals surface area (Å²) < 4.78 is 7.41. The Morgan fingerprint density at radius 3 is 2.86 bits per heavy atom. The number of rotatable bonds is 5. The average molecular weight is 470 g/mol. The third-order valence-corrected chi connectivity index (χ3v) is 6.19. The predicted molar refractivity (Wildman–Crippen MR) is 133 cm³/mol. The van der Waals surface area contributed by atoms with Crippen molar-refractivity contribution in [3.05, 3.63) is 90.0 Å². The fraction of sp³-hybridized carbons (Fsp3) is 0.259. The van der Waals surface area contributed by atoms with Crippen LogP contribution in [0.5, 0.6) is 0 Å². The number of fused-ring (bicyclic) bond motifs is 1. The number of anilines is 1. The summed E-state index contributed by atoms with van der Waals surface area (Å²) >= 11 is 0. The molecule has 1 fully saturated rings. The molecule has 2 amide bonds. The molecule has 0 spiro atoms. The number of aryl methyl sites for hydroxylation is 1. The van der Waals surface area contributed by atoms with Gasteiger partial charge < -0.3 is 15.0 Å². The van der Waals surface area contributed by atoms with Gasteiger partial charge >= 0.3 is 0 Å². The Labute approximate surface area is 203 Å². The summed E-state index contributed by atoms with van der Waals surface area (Å²) in [5, 5.41) is 9.14. The van der Waals surface area contributed by atoms with Crippen LogP contribution in [0.1, 0.15) is 26.3 Å². The summed E-state index contributed by atoms with van der Waals surface area (Å²) in [7, 11) is 1.76. The third-order valence-electron chi connectivity index (χ3n) is 6.19. The van der Waals surface area contributed by atoms with Gasteiger partial charge in [0.1, 0.15) is 0 Å². The minimum atomic E-state index is -0.267. The molecule has 0 saturated carbocycles. The van der Waals surface area contributed by atoms with E-state index in [1.165, 1.54) is 11.8 Å². The molecule has 178 valence electrons. The normalized spacial score (nSPS) is 16.1. The van der Waals surface area contributed by atoms with Crippen LogP contribution in [0.3, 0.4) is 0 Å². The van der Waals surface area contributed by atoms with Crippen LogP contribution < -0.4 is 5.32 Å². The lowest BCUT2D eigenvalue weighted by molar-refractivity contribution is 0.0737. The smallest absolute Gasteiger partial charge is 0.258 e. The van der Waals surface area contributed by atoms with E-state index in [2.05, 4.69) is 33.6 Å². The Balaban J connectivity index is 1.27. The van der Waals surface area contributed by atoms with Gasteiger partial charge in [0.05, 0.1) is 25.0 Å². The molecule has 8 heteroatoms. The molecule has 35 heavy (non-hydrogen) atoms. The topological polar surface area (TPSA) is 89.4 Å². The first-order valence-corrected chi connectivity index (χ1v) is 11.6. The molecule has 1 unspecified atom stereocenters. The van der Waals surface area contributed by atoms with Crippen LogP contribution in [0.25, 0.3) is 10.8 Å². The first-order chi connectivity index (χ1) is 17.0. The van der Waals surface area contributed by atoms with E-state index in [1.807, 2.05) is 17.2 Å². The number of aromatic nitrogens is 3. The zero-order valence-electron chi connectivity index (χ0n) is 19.6. The molecule has 1 atom stereocenters. The largest absolute Gasteiger partial charge is 0.379 e. The van der Waals surface area contributed by atoms with E-state index >= 15 is 0 Å². The molecule has 1 aliphatic rings. The molecule has 5 rings (SSSR count). The van der Waals surface area contributed by atoms with Crippen molar-refractivity contribution in [3.8, 4) is 0 Å². The monoisotopic (exact) mass is 469 g/mol. The summed E-state index contributed by atoms with van der Waals surface area (Å²) in [6, 6.07) is 15.4. The van der Waals surface area contributed by atoms with Gasteiger partial charge in [0, 0.05) is 61.3 Å². The molecule has 1 aliphatic heterocycles. The van der Waals surface area contributed by atoms with Crippen molar-refractivity contribution in [3.63, 3.8) is 0 Å². The van der Waals surface area contributed by atoms with Gasteiger partial charge in [-0.2, -0.15) is 5.10 Å². The highest BCUT2D eigenvalue weighted by Gasteiger charge is 2.24. The highest BCUT2D eigenvalue weighted by Crippen LogP contribution is 2.21. The van der Waals surface area contributed by atoms with Gasteiger partial charge in [-0.1, -0.05) is 18.2 Å². The van der Waals surface area contributed by atoms with E-state index in [4.69, 9.17) is 4.74 Å². The molecule has 4 aromatic rings. The summed E-state index contributed by atoms with van der Waals surface area (Å²) in [4.78, 5) is 31.9. The highest BCUT2D eigenvalue weighted by molar-refractivity contribution is 6.04. The number of nitrogens with one attached hydrogen (secondary N) is 1. The number of hydrogen-bond donors (Lipinski definition) is 1. The van der Waals surface area contributed by atoms with Crippen LogP contribution in [0, 0.1) is 5.92 Å². The lowest BCUT2D eigenvalue weighted by atomic mass is 9.97. The van der Waals surface area contributed by atoms with Crippen molar-refractivity contribution < 1.29 is 14.3 Å². The van der Waals surface area contributed by atoms with E-state index in [1.54, 1.807) is 48.4 Å². The van der Waals surface area contributed by atoms with Crippen LogP contribution in [0.2, 0.25) is 0 Å². The van der Waals surface area contributed by atoms with Crippen LogP contribution in [-0.2, 0) is 18.2 Å². The van der Waals surface area contributed by atoms with Crippen LogP contribution in [0.15, 0.2) is 73.3 Å². The lowest BCUT2D eigenvalue weighted by Gasteiger charge is -2.24. The third kappa shape index (κ3) is 5.38. The Morgan fingerprint density at radius 1 is 1.09 bits per heavy atom. The van der Waals surface area contributed by atoms with Gasteiger partial charge in [0.15, 0.2) is 0 Å². The van der Waals surface area contributed by atoms with Gasteiger partial charge in [-0.25, -0.2) is 0 Å². The molecule has 3 heterocycles. The standard InChI is InChI=1S/C27H27N5O3/c1-31-17-24(15-29-31)26(33)30-25-4-2-3-22(13-25)27(34)32-9-10-35-18-20(16-32)11-19-5-6-21-7-8-28-14-23(21)12-19/h2-8,12-15,17,20H,9-11,16,18H2,1H3,(H,30,33). The van der Waals surface area contributed by atoms with Gasteiger partial charge in [-0.15, -0.1) is 0 Å². The maximum Gasteiger partial charge on any atom is 0.258 e. The minimum absolute atomic E-state index is 0.0688. The van der Waals surface area contributed by atoms with Crippen molar-refractivity contribution in [2.24, 2.45) is 13.0 Å². The fourth-order valence-corrected chi connectivity index (χ4v) is 4.44. The quantitative estimate of drug-likeness (QED) is 0.483. The Morgan fingerprint density at radius 2 is 2.00 bits per heavy atom. The van der Waals surface area contributed by atoms with Gasteiger partial charge in [-0.3, -0.25) is 19.3 Å². The van der Waals surface area contributed by atoms with E-state index in [-0.39, 0.29) is 17.7 Å². The second-order valence-electron chi connectivity index (χ2n) is 8.89. The molecule has 8 nitrogen and oxygen atoms in total. The molecule has 0 radical (unpaired) electrons. The van der Waals surface area contributed by atoms with E-state index in [9.17, 15) is 9.59 Å². The number of carbonyl (C=O) groups excluding carboxylic acids is 2. The molecule has 1 N–H and O–H groups in total. The van der Waals surface area contributed by atoms with Crippen molar-refractivity contribution in [2.75, 3.05) is 31.6 Å². The van der Waals surface area contributed by atoms with Crippen LogP contribution >= 0.6 is 0 Å². The van der Waals surface area contributed by atoms with E-state index in [0.717, 1.165) is 17.2 Å². The summed E-state index contributed by atoms with van der Waals surface area (Å²) in [5.74, 6) is -0.152. The lowest BCUT2D eigenvalue weighted by Crippen LogP contribution is -2.36. The van der Waals surface area contributed by atoms with Crippen LogP contribution in [-0.4, -0.2) is 57.8 Å². The van der Waals surface area contributed by atoms with Crippen molar-refractivity contribution in [1.29, 1.82) is 0 Å². The highest BCUT2D eigenvalue weighted by atomic mass is 16.5. The van der Waals surface area contributed by atoms with E-state index in [0.29, 0.717) is 43.1 Å². The Kier molecular flexibility index (Phi) is 6.54. The average Bonchev–Trinajstić information content (AvgIpc) is 3.18. The van der Waals surface area contributed by atoms with Crippen molar-refractivity contribution >= 4 is 28.3 Å². The van der Waals surface area contributed by atoms with E-state index < -0.39 is 0 Å². The molecule has 1 saturated heterocycles. The number of benzene rings is 2. The summed E-state index contributed by atoms with van der Waals surface area (Å²) in [6.45, 7) is 2.25. The Hall–Kier alpha value is -4.04. The van der Waals surface area contributed by atoms with Gasteiger partial charge in [0.25, 0.3) is 11.8 Å². The molecular formula is C27H27N5O3. The fourth-order valence-electron chi connectivity index (χ4n) is 4.44. The minimum Gasteiger partial charge on any atom is -0.379 e. The Bertz CT molecular complexity index is 1370. The van der Waals surface area contributed by atoms with Crippen LogP contribution in [0.4, 0.5) is 5.69 Å². The molecule has 0 aliphatic carbocycles. The van der Waals surface area contributed by atoms with Gasteiger partial charge in [0.2, 0.25) is 0 Å². The molecular weight excluding hydrogens is 442 g/mol. The maximum absolute atomic E-state index is 13.4. The SMILES string of the molecule is Cn1cc(C(=O)Nc2cccc(C(=O)N3CCOCC(Cc4ccc5ccncc5c4)C3)c2)cn1.